The number of carbonyl (C=O) groups excluding carboxylic acids is 1. The number of hydrogen-bond acceptors (Lipinski definition) is 6. The first kappa shape index (κ1) is 12.5. The van der Waals surface area contributed by atoms with Gasteiger partial charge in [0.15, 0.2) is 11.3 Å². The number of aldehydes is 1. The van der Waals surface area contributed by atoms with Crippen LogP contribution >= 0.6 is 11.3 Å². The van der Waals surface area contributed by atoms with Crippen LogP contribution in [0.5, 0.6) is 0 Å². The lowest BCUT2D eigenvalue weighted by Crippen LogP contribution is -2.21. The first-order valence-electron chi connectivity index (χ1n) is 6.48. The molecule has 0 amide bonds. The molecule has 100 valence electrons. The molecule has 5 nitrogen and oxygen atoms in total. The van der Waals surface area contributed by atoms with Gasteiger partial charge in [-0.1, -0.05) is 11.3 Å². The zero-order valence-electron chi connectivity index (χ0n) is 10.6. The highest BCUT2D eigenvalue weighted by Gasteiger charge is 2.23. The van der Waals surface area contributed by atoms with Crippen LogP contribution < -0.4 is 10.6 Å². The first-order chi connectivity index (χ1) is 9.30. The Labute approximate surface area is 115 Å². The second-order valence-electron chi connectivity index (χ2n) is 4.84. The largest absolute Gasteiger partial charge is 0.356 e. The maximum atomic E-state index is 10.7. The standard InChI is InChI=1S/C13H16N4OS/c14-5-3-9-4-6-17(7-9)11-2-1-10-13(16-11)19-12(8-18)15-10/h1-2,8-9H,3-7,14H2. The van der Waals surface area contributed by atoms with Crippen LogP contribution in [-0.4, -0.2) is 35.9 Å². The summed E-state index contributed by atoms with van der Waals surface area (Å²) in [7, 11) is 0. The highest BCUT2D eigenvalue weighted by atomic mass is 32.1. The minimum absolute atomic E-state index is 0.488. The third kappa shape index (κ3) is 2.46. The van der Waals surface area contributed by atoms with Crippen molar-refractivity contribution >= 4 is 33.8 Å². The van der Waals surface area contributed by atoms with E-state index in [1.165, 1.54) is 17.8 Å². The smallest absolute Gasteiger partial charge is 0.178 e. The van der Waals surface area contributed by atoms with E-state index >= 15 is 0 Å². The van der Waals surface area contributed by atoms with Crippen molar-refractivity contribution in [2.24, 2.45) is 11.7 Å². The lowest BCUT2D eigenvalue weighted by Gasteiger charge is -2.17. The number of nitrogens with zero attached hydrogens (tertiary/aromatic N) is 3. The second-order valence-corrected chi connectivity index (χ2v) is 5.85. The van der Waals surface area contributed by atoms with Gasteiger partial charge in [0.05, 0.1) is 0 Å². The summed E-state index contributed by atoms with van der Waals surface area (Å²) >= 11 is 1.34. The third-order valence-corrected chi connectivity index (χ3v) is 4.43. The van der Waals surface area contributed by atoms with Gasteiger partial charge in [-0.2, -0.15) is 0 Å². The Hall–Kier alpha value is -1.53. The summed E-state index contributed by atoms with van der Waals surface area (Å²) in [5, 5.41) is 0.488. The van der Waals surface area contributed by atoms with Crippen LogP contribution in [0.25, 0.3) is 10.3 Å². The van der Waals surface area contributed by atoms with Crippen LogP contribution in [0.2, 0.25) is 0 Å². The van der Waals surface area contributed by atoms with Crippen LogP contribution in [0.15, 0.2) is 12.1 Å². The van der Waals surface area contributed by atoms with E-state index in [1.54, 1.807) is 0 Å². The van der Waals surface area contributed by atoms with Crippen molar-refractivity contribution in [2.45, 2.75) is 12.8 Å². The number of nitrogens with two attached hydrogens (primary N) is 1. The molecule has 0 saturated carbocycles. The minimum Gasteiger partial charge on any atom is -0.356 e. The maximum Gasteiger partial charge on any atom is 0.178 e. The fraction of sp³-hybridized carbons (Fsp3) is 0.462. The van der Waals surface area contributed by atoms with Gasteiger partial charge in [-0.3, -0.25) is 4.79 Å². The molecule has 1 atom stereocenters. The lowest BCUT2D eigenvalue weighted by atomic mass is 10.1. The number of hydrogen-bond donors (Lipinski definition) is 1. The summed E-state index contributed by atoms with van der Waals surface area (Å²) in [6, 6.07) is 3.93. The molecule has 1 aliphatic heterocycles. The summed E-state index contributed by atoms with van der Waals surface area (Å²) in [5.74, 6) is 1.66. The van der Waals surface area contributed by atoms with Gasteiger partial charge in [-0.05, 0) is 37.4 Å². The molecule has 0 bridgehead atoms. The van der Waals surface area contributed by atoms with Crippen LogP contribution in [0, 0.1) is 5.92 Å². The van der Waals surface area contributed by atoms with Gasteiger partial charge in [0.2, 0.25) is 0 Å². The molecule has 1 fully saturated rings. The lowest BCUT2D eigenvalue weighted by molar-refractivity contribution is 0.112. The molecule has 6 heteroatoms. The van der Waals surface area contributed by atoms with Gasteiger partial charge < -0.3 is 10.6 Å². The summed E-state index contributed by atoms with van der Waals surface area (Å²) in [5.41, 5.74) is 6.41. The minimum atomic E-state index is 0.488. The fourth-order valence-electron chi connectivity index (χ4n) is 2.56. The molecule has 1 unspecified atom stereocenters. The normalized spacial score (nSPS) is 19.2. The SMILES string of the molecule is NCCC1CCN(c2ccc3nc(C=O)sc3n2)C1. The van der Waals surface area contributed by atoms with Crippen LogP contribution in [0.4, 0.5) is 5.82 Å². The number of aromatic nitrogens is 2. The van der Waals surface area contributed by atoms with E-state index in [2.05, 4.69) is 14.9 Å². The van der Waals surface area contributed by atoms with Gasteiger partial charge in [-0.25, -0.2) is 9.97 Å². The van der Waals surface area contributed by atoms with E-state index in [-0.39, 0.29) is 0 Å². The predicted molar refractivity (Wildman–Crippen MR) is 76.8 cm³/mol. The molecule has 3 heterocycles. The van der Waals surface area contributed by atoms with Crippen LogP contribution in [0.3, 0.4) is 0 Å². The molecule has 19 heavy (non-hydrogen) atoms. The summed E-state index contributed by atoms with van der Waals surface area (Å²) in [4.78, 5) is 22.7. The highest BCUT2D eigenvalue weighted by molar-refractivity contribution is 7.19. The van der Waals surface area contributed by atoms with Crippen LogP contribution in [0.1, 0.15) is 22.6 Å². The first-order valence-corrected chi connectivity index (χ1v) is 7.29. The molecular formula is C13H16N4OS. The van der Waals surface area contributed by atoms with E-state index in [4.69, 9.17) is 5.73 Å². The highest BCUT2D eigenvalue weighted by Crippen LogP contribution is 2.27. The molecule has 2 aromatic rings. The maximum absolute atomic E-state index is 10.7. The second kappa shape index (κ2) is 5.22. The molecule has 0 aromatic carbocycles. The van der Waals surface area contributed by atoms with Crippen molar-refractivity contribution in [3.05, 3.63) is 17.1 Å². The zero-order valence-corrected chi connectivity index (χ0v) is 11.4. The van der Waals surface area contributed by atoms with Crippen molar-refractivity contribution in [2.75, 3.05) is 24.5 Å². The summed E-state index contributed by atoms with van der Waals surface area (Å²) < 4.78 is 0. The molecule has 2 N–H and O–H groups in total. The predicted octanol–water partition coefficient (Wildman–Crippen LogP) is 1.68. The Kier molecular flexibility index (Phi) is 3.44. The van der Waals surface area contributed by atoms with Gasteiger partial charge >= 0.3 is 0 Å². The molecule has 0 radical (unpaired) electrons. The summed E-state index contributed by atoms with van der Waals surface area (Å²) in [6.07, 6.45) is 3.03. The zero-order chi connectivity index (χ0) is 13.2. The van der Waals surface area contributed by atoms with Crippen LogP contribution in [-0.2, 0) is 0 Å². The van der Waals surface area contributed by atoms with Crippen molar-refractivity contribution in [1.82, 2.24) is 9.97 Å². The number of pyridine rings is 1. The van der Waals surface area contributed by atoms with E-state index in [9.17, 15) is 4.79 Å². The van der Waals surface area contributed by atoms with Crippen molar-refractivity contribution in [1.29, 1.82) is 0 Å². The molecule has 1 aliphatic rings. The Morgan fingerprint density at radius 2 is 2.37 bits per heavy atom. The van der Waals surface area contributed by atoms with Crippen molar-refractivity contribution < 1.29 is 4.79 Å². The number of thiazole rings is 1. The van der Waals surface area contributed by atoms with Crippen molar-refractivity contribution in [3.8, 4) is 0 Å². The average molecular weight is 276 g/mol. The Bertz CT molecular complexity index is 597. The van der Waals surface area contributed by atoms with E-state index in [0.29, 0.717) is 10.9 Å². The van der Waals surface area contributed by atoms with Crippen molar-refractivity contribution in [3.63, 3.8) is 0 Å². The van der Waals surface area contributed by atoms with E-state index in [1.807, 2.05) is 12.1 Å². The monoisotopic (exact) mass is 276 g/mol. The van der Waals surface area contributed by atoms with E-state index < -0.39 is 0 Å². The number of anilines is 1. The Morgan fingerprint density at radius 3 is 3.16 bits per heavy atom. The van der Waals surface area contributed by atoms with Gasteiger partial charge in [0.1, 0.15) is 16.2 Å². The quantitative estimate of drug-likeness (QED) is 0.860. The summed E-state index contributed by atoms with van der Waals surface area (Å²) in [6.45, 7) is 2.81. The molecule has 0 spiro atoms. The Morgan fingerprint density at radius 1 is 1.47 bits per heavy atom. The van der Waals surface area contributed by atoms with Gasteiger partial charge in [0, 0.05) is 13.1 Å². The molecule has 1 saturated heterocycles. The number of fused-ring (bicyclic) bond motifs is 1. The molecule has 0 aliphatic carbocycles. The fourth-order valence-corrected chi connectivity index (χ4v) is 3.31. The van der Waals surface area contributed by atoms with Gasteiger partial charge in [-0.15, -0.1) is 0 Å². The Balaban J connectivity index is 1.83. The molecule has 3 rings (SSSR count). The number of rotatable bonds is 4. The van der Waals surface area contributed by atoms with Gasteiger partial charge in [0.25, 0.3) is 0 Å². The third-order valence-electron chi connectivity index (χ3n) is 3.54. The topological polar surface area (TPSA) is 72.1 Å². The molecule has 2 aromatic heterocycles. The molecular weight excluding hydrogens is 260 g/mol. The number of carbonyl (C=O) groups is 1. The van der Waals surface area contributed by atoms with E-state index in [0.717, 1.165) is 48.5 Å². The average Bonchev–Trinajstić information content (AvgIpc) is 3.03.